The SMILES string of the molecule is CC1(C)OC(Cn2ccc([N+](=O)[O-])n2)C(C)(C)O1. The molecule has 2 heterocycles. The van der Waals surface area contributed by atoms with Gasteiger partial charge in [0.15, 0.2) is 5.79 Å². The Bertz CT molecular complexity index is 467. The molecule has 0 amide bonds. The summed E-state index contributed by atoms with van der Waals surface area (Å²) in [5.74, 6) is -0.807. The van der Waals surface area contributed by atoms with Gasteiger partial charge in [0.1, 0.15) is 6.10 Å². The maximum absolute atomic E-state index is 10.6. The van der Waals surface area contributed by atoms with Crippen molar-refractivity contribution in [2.45, 2.75) is 51.7 Å². The average Bonchev–Trinajstić information content (AvgIpc) is 2.69. The van der Waals surface area contributed by atoms with Gasteiger partial charge in [-0.25, -0.2) is 0 Å². The van der Waals surface area contributed by atoms with Crippen molar-refractivity contribution >= 4 is 5.82 Å². The summed E-state index contributed by atoms with van der Waals surface area (Å²) in [5.41, 5.74) is -0.454. The van der Waals surface area contributed by atoms with Crippen molar-refractivity contribution < 1.29 is 14.4 Å². The second-order valence-corrected chi connectivity index (χ2v) is 5.36. The van der Waals surface area contributed by atoms with Crippen LogP contribution in [0.4, 0.5) is 5.82 Å². The van der Waals surface area contributed by atoms with Gasteiger partial charge in [0.05, 0.1) is 29.5 Å². The molecule has 1 aromatic heterocycles. The molecule has 1 aliphatic heterocycles. The van der Waals surface area contributed by atoms with Gasteiger partial charge in [0.25, 0.3) is 0 Å². The summed E-state index contributed by atoms with van der Waals surface area (Å²) in [4.78, 5) is 10.0. The summed E-state index contributed by atoms with van der Waals surface area (Å²) in [6.45, 7) is 7.99. The standard InChI is InChI=1S/C11H17N3O4/c1-10(2)8(17-11(3,4)18-10)7-13-6-5-9(12-13)14(15)16/h5-6,8H,7H2,1-4H3. The van der Waals surface area contributed by atoms with Gasteiger partial charge in [-0.05, 0) is 32.6 Å². The Morgan fingerprint density at radius 1 is 1.50 bits per heavy atom. The van der Waals surface area contributed by atoms with Crippen molar-refractivity contribution in [3.05, 3.63) is 22.4 Å². The molecule has 1 fully saturated rings. The largest absolute Gasteiger partial charge is 0.389 e. The Labute approximate surface area is 105 Å². The minimum absolute atomic E-state index is 0.161. The molecule has 0 saturated carbocycles. The highest BCUT2D eigenvalue weighted by Gasteiger charge is 2.47. The monoisotopic (exact) mass is 255 g/mol. The molecule has 7 nitrogen and oxygen atoms in total. The van der Waals surface area contributed by atoms with Crippen LogP contribution in [-0.4, -0.2) is 32.2 Å². The van der Waals surface area contributed by atoms with Crippen LogP contribution in [0.1, 0.15) is 27.7 Å². The molecule has 100 valence electrons. The van der Waals surface area contributed by atoms with Crippen LogP contribution >= 0.6 is 0 Å². The van der Waals surface area contributed by atoms with Crippen LogP contribution in [0, 0.1) is 10.1 Å². The van der Waals surface area contributed by atoms with Gasteiger partial charge in [-0.15, -0.1) is 0 Å². The molecule has 1 atom stereocenters. The third-order valence-electron chi connectivity index (χ3n) is 2.88. The molecule has 7 heteroatoms. The van der Waals surface area contributed by atoms with Crippen LogP contribution in [0.25, 0.3) is 0 Å². The van der Waals surface area contributed by atoms with Gasteiger partial charge >= 0.3 is 5.82 Å². The van der Waals surface area contributed by atoms with E-state index in [1.54, 1.807) is 6.20 Å². The van der Waals surface area contributed by atoms with Gasteiger partial charge in [-0.3, -0.25) is 0 Å². The van der Waals surface area contributed by atoms with Crippen molar-refractivity contribution in [3.8, 4) is 0 Å². The lowest BCUT2D eigenvalue weighted by molar-refractivity contribution is -0.389. The average molecular weight is 255 g/mol. The number of rotatable bonds is 3. The fraction of sp³-hybridized carbons (Fsp3) is 0.727. The van der Waals surface area contributed by atoms with Crippen molar-refractivity contribution in [3.63, 3.8) is 0 Å². The van der Waals surface area contributed by atoms with Crippen molar-refractivity contribution in [2.75, 3.05) is 0 Å². The lowest BCUT2D eigenvalue weighted by Gasteiger charge is -2.23. The lowest BCUT2D eigenvalue weighted by atomic mass is 10.0. The molecule has 0 aromatic carbocycles. The van der Waals surface area contributed by atoms with Crippen molar-refractivity contribution in [2.24, 2.45) is 0 Å². The van der Waals surface area contributed by atoms with Gasteiger partial charge in [-0.1, -0.05) is 0 Å². The molecule has 1 aromatic rings. The molecule has 1 saturated heterocycles. The Morgan fingerprint density at radius 2 is 2.17 bits per heavy atom. The Morgan fingerprint density at radius 3 is 2.61 bits per heavy atom. The lowest BCUT2D eigenvalue weighted by Crippen LogP contribution is -2.36. The van der Waals surface area contributed by atoms with E-state index in [0.29, 0.717) is 6.54 Å². The van der Waals surface area contributed by atoms with E-state index >= 15 is 0 Å². The van der Waals surface area contributed by atoms with Crippen molar-refractivity contribution in [1.82, 2.24) is 9.78 Å². The first kappa shape index (κ1) is 13.0. The van der Waals surface area contributed by atoms with Crippen LogP contribution in [0.2, 0.25) is 0 Å². The first-order chi connectivity index (χ1) is 8.20. The molecule has 0 spiro atoms. The molecular weight excluding hydrogens is 238 g/mol. The van der Waals surface area contributed by atoms with Crippen LogP contribution in [0.3, 0.4) is 0 Å². The van der Waals surface area contributed by atoms with Crippen molar-refractivity contribution in [1.29, 1.82) is 0 Å². The molecular formula is C11H17N3O4. The number of hydrogen-bond acceptors (Lipinski definition) is 5. The van der Waals surface area contributed by atoms with E-state index in [1.165, 1.54) is 10.7 Å². The van der Waals surface area contributed by atoms with E-state index in [0.717, 1.165) is 0 Å². The number of ether oxygens (including phenoxy) is 2. The summed E-state index contributed by atoms with van der Waals surface area (Å²) in [5, 5.41) is 14.4. The molecule has 18 heavy (non-hydrogen) atoms. The van der Waals surface area contributed by atoms with E-state index in [-0.39, 0.29) is 11.9 Å². The van der Waals surface area contributed by atoms with E-state index in [2.05, 4.69) is 5.10 Å². The summed E-state index contributed by atoms with van der Waals surface area (Å²) >= 11 is 0. The minimum atomic E-state index is -0.646. The molecule has 2 rings (SSSR count). The second kappa shape index (κ2) is 4.03. The van der Waals surface area contributed by atoms with Crippen LogP contribution in [0.15, 0.2) is 12.3 Å². The van der Waals surface area contributed by atoms with Crippen LogP contribution < -0.4 is 0 Å². The van der Waals surface area contributed by atoms with Crippen LogP contribution in [-0.2, 0) is 16.0 Å². The van der Waals surface area contributed by atoms with Gasteiger partial charge in [-0.2, -0.15) is 4.68 Å². The molecule has 0 aliphatic carbocycles. The third kappa shape index (κ3) is 2.51. The minimum Gasteiger partial charge on any atom is -0.358 e. The Kier molecular flexibility index (Phi) is 2.90. The molecule has 1 aliphatic rings. The van der Waals surface area contributed by atoms with Gasteiger partial charge in [0.2, 0.25) is 0 Å². The fourth-order valence-corrected chi connectivity index (χ4v) is 2.18. The van der Waals surface area contributed by atoms with Crippen LogP contribution in [0.5, 0.6) is 0 Å². The predicted molar refractivity (Wildman–Crippen MR) is 63.0 cm³/mol. The van der Waals surface area contributed by atoms with E-state index < -0.39 is 16.3 Å². The number of nitrogens with zero attached hydrogens (tertiary/aromatic N) is 3. The predicted octanol–water partition coefficient (Wildman–Crippen LogP) is 1.72. The smallest absolute Gasteiger partial charge is 0.358 e. The fourth-order valence-electron chi connectivity index (χ4n) is 2.18. The van der Waals surface area contributed by atoms with E-state index in [1.807, 2.05) is 27.7 Å². The Hall–Kier alpha value is -1.47. The molecule has 0 bridgehead atoms. The van der Waals surface area contributed by atoms with E-state index in [4.69, 9.17) is 9.47 Å². The van der Waals surface area contributed by atoms with E-state index in [9.17, 15) is 10.1 Å². The second-order valence-electron chi connectivity index (χ2n) is 5.36. The summed E-state index contributed by atoms with van der Waals surface area (Å²) in [7, 11) is 0. The molecule has 0 N–H and O–H groups in total. The summed E-state index contributed by atoms with van der Waals surface area (Å²) < 4.78 is 13.1. The number of aromatic nitrogens is 2. The summed E-state index contributed by atoms with van der Waals surface area (Å²) in [6.07, 6.45) is 1.37. The zero-order chi connectivity index (χ0) is 13.6. The summed E-state index contributed by atoms with van der Waals surface area (Å²) in [6, 6.07) is 1.37. The highest BCUT2D eigenvalue weighted by atomic mass is 16.8. The van der Waals surface area contributed by atoms with Gasteiger partial charge < -0.3 is 19.6 Å². The molecule has 0 radical (unpaired) electrons. The highest BCUT2D eigenvalue weighted by molar-refractivity contribution is 5.14. The first-order valence-electron chi connectivity index (χ1n) is 5.75. The maximum atomic E-state index is 10.6. The number of nitro groups is 1. The quantitative estimate of drug-likeness (QED) is 0.607. The molecule has 1 unspecified atom stereocenters. The zero-order valence-corrected chi connectivity index (χ0v) is 10.9. The highest BCUT2D eigenvalue weighted by Crippen LogP contribution is 2.36. The maximum Gasteiger partial charge on any atom is 0.389 e. The first-order valence-corrected chi connectivity index (χ1v) is 5.75. The number of hydrogen-bond donors (Lipinski definition) is 0. The topological polar surface area (TPSA) is 79.4 Å². The third-order valence-corrected chi connectivity index (χ3v) is 2.88. The normalized spacial score (nSPS) is 25.2. The zero-order valence-electron chi connectivity index (χ0n) is 10.9. The van der Waals surface area contributed by atoms with Gasteiger partial charge in [0, 0.05) is 0 Å². The Balaban J connectivity index is 2.11.